The standard InChI is InChI=1S/C15H23ClN4O2/c1-2-5-20-8-11(16)14(17-20)15(22)19-9-12(13(21)10-19)18-6-3-4-7-18/h8,12-13,21H,2-7,9-10H2,1H3/t12-,13-/m1/s1. The van der Waals surface area contributed by atoms with E-state index in [1.165, 1.54) is 12.8 Å². The van der Waals surface area contributed by atoms with Crippen molar-refractivity contribution < 1.29 is 9.90 Å². The molecular weight excluding hydrogens is 304 g/mol. The summed E-state index contributed by atoms with van der Waals surface area (Å²) in [6.45, 7) is 5.72. The Bertz CT molecular complexity index is 542. The molecule has 2 aliphatic rings. The van der Waals surface area contributed by atoms with Gasteiger partial charge in [0.1, 0.15) is 0 Å². The minimum Gasteiger partial charge on any atom is -0.390 e. The smallest absolute Gasteiger partial charge is 0.276 e. The van der Waals surface area contributed by atoms with Gasteiger partial charge in [-0.05, 0) is 32.4 Å². The molecule has 0 unspecified atom stereocenters. The number of hydrogen-bond acceptors (Lipinski definition) is 4. The minimum atomic E-state index is -0.487. The normalized spacial score (nSPS) is 26.0. The summed E-state index contributed by atoms with van der Waals surface area (Å²) in [7, 11) is 0. The zero-order valence-corrected chi connectivity index (χ0v) is 13.7. The van der Waals surface area contributed by atoms with Gasteiger partial charge in [0, 0.05) is 25.8 Å². The number of aliphatic hydroxyl groups excluding tert-OH is 1. The van der Waals surface area contributed by atoms with E-state index in [0.29, 0.717) is 23.8 Å². The maximum atomic E-state index is 12.6. The van der Waals surface area contributed by atoms with Gasteiger partial charge in [0.25, 0.3) is 5.91 Å². The Hall–Kier alpha value is -1.11. The van der Waals surface area contributed by atoms with Crippen molar-refractivity contribution in [2.24, 2.45) is 0 Å². The zero-order chi connectivity index (χ0) is 15.7. The summed E-state index contributed by atoms with van der Waals surface area (Å²) >= 11 is 6.15. The van der Waals surface area contributed by atoms with Crippen molar-refractivity contribution in [2.75, 3.05) is 26.2 Å². The lowest BCUT2D eigenvalue weighted by atomic mass is 10.2. The number of carbonyl (C=O) groups excluding carboxylic acids is 1. The average molecular weight is 327 g/mol. The molecule has 7 heteroatoms. The number of carbonyl (C=O) groups is 1. The first-order chi connectivity index (χ1) is 10.6. The number of nitrogens with zero attached hydrogens (tertiary/aromatic N) is 4. The molecule has 0 radical (unpaired) electrons. The van der Waals surface area contributed by atoms with Crippen LogP contribution in [0.15, 0.2) is 6.20 Å². The van der Waals surface area contributed by atoms with Gasteiger partial charge in [0.05, 0.1) is 17.2 Å². The second-order valence-electron chi connectivity index (χ2n) is 6.18. The number of aliphatic hydroxyl groups is 1. The molecule has 22 heavy (non-hydrogen) atoms. The van der Waals surface area contributed by atoms with Crippen molar-refractivity contribution in [3.05, 3.63) is 16.9 Å². The van der Waals surface area contributed by atoms with Crippen LogP contribution < -0.4 is 0 Å². The first-order valence-corrected chi connectivity index (χ1v) is 8.42. The van der Waals surface area contributed by atoms with Gasteiger partial charge in [-0.2, -0.15) is 5.10 Å². The molecule has 0 aromatic carbocycles. The highest BCUT2D eigenvalue weighted by atomic mass is 35.5. The lowest BCUT2D eigenvalue weighted by Gasteiger charge is -2.25. The number of β-amino-alcohol motifs (C(OH)–C–C–N with tert-alkyl or cyclic N) is 1. The molecule has 0 bridgehead atoms. The summed E-state index contributed by atoms with van der Waals surface area (Å²) in [6, 6.07) is 0.0444. The highest BCUT2D eigenvalue weighted by Crippen LogP contribution is 2.24. The molecular formula is C15H23ClN4O2. The summed E-state index contributed by atoms with van der Waals surface area (Å²) in [5, 5.41) is 15.0. The van der Waals surface area contributed by atoms with Crippen LogP contribution in [-0.2, 0) is 6.54 Å². The van der Waals surface area contributed by atoms with E-state index in [1.54, 1.807) is 15.8 Å². The first kappa shape index (κ1) is 15.8. The van der Waals surface area contributed by atoms with Crippen LogP contribution in [0.2, 0.25) is 5.02 Å². The largest absolute Gasteiger partial charge is 0.390 e. The van der Waals surface area contributed by atoms with E-state index in [4.69, 9.17) is 11.6 Å². The van der Waals surface area contributed by atoms with Crippen LogP contribution >= 0.6 is 11.6 Å². The molecule has 3 heterocycles. The predicted octanol–water partition coefficient (Wildman–Crippen LogP) is 1.23. The Kier molecular flexibility index (Phi) is 4.70. The summed E-state index contributed by atoms with van der Waals surface area (Å²) in [5.74, 6) is -0.180. The Morgan fingerprint density at radius 1 is 1.41 bits per heavy atom. The summed E-state index contributed by atoms with van der Waals surface area (Å²) in [6.07, 6.45) is 4.49. The fourth-order valence-corrected chi connectivity index (χ4v) is 3.63. The minimum absolute atomic E-state index is 0.0444. The molecule has 3 rings (SSSR count). The van der Waals surface area contributed by atoms with E-state index in [2.05, 4.69) is 16.9 Å². The van der Waals surface area contributed by atoms with Crippen LogP contribution in [0.5, 0.6) is 0 Å². The molecule has 2 fully saturated rings. The van der Waals surface area contributed by atoms with Gasteiger partial charge in [-0.1, -0.05) is 18.5 Å². The molecule has 0 aliphatic carbocycles. The molecule has 2 atom stereocenters. The molecule has 2 saturated heterocycles. The summed E-state index contributed by atoms with van der Waals surface area (Å²) in [5.41, 5.74) is 0.296. The van der Waals surface area contributed by atoms with Crippen molar-refractivity contribution in [3.8, 4) is 0 Å². The highest BCUT2D eigenvalue weighted by molar-refractivity contribution is 6.33. The number of aromatic nitrogens is 2. The highest BCUT2D eigenvalue weighted by Gasteiger charge is 2.39. The van der Waals surface area contributed by atoms with Crippen LogP contribution in [-0.4, -0.2) is 68.9 Å². The molecule has 122 valence electrons. The van der Waals surface area contributed by atoms with E-state index in [0.717, 1.165) is 26.1 Å². The summed E-state index contributed by atoms with van der Waals surface area (Å²) < 4.78 is 1.71. The van der Waals surface area contributed by atoms with E-state index in [-0.39, 0.29) is 11.9 Å². The van der Waals surface area contributed by atoms with Crippen molar-refractivity contribution >= 4 is 17.5 Å². The van der Waals surface area contributed by atoms with E-state index in [9.17, 15) is 9.90 Å². The number of aryl methyl sites for hydroxylation is 1. The predicted molar refractivity (Wildman–Crippen MR) is 84.0 cm³/mol. The van der Waals surface area contributed by atoms with E-state index < -0.39 is 6.10 Å². The van der Waals surface area contributed by atoms with Crippen LogP contribution in [0.25, 0.3) is 0 Å². The quantitative estimate of drug-likeness (QED) is 0.904. The van der Waals surface area contributed by atoms with Crippen molar-refractivity contribution in [3.63, 3.8) is 0 Å². The maximum absolute atomic E-state index is 12.6. The van der Waals surface area contributed by atoms with E-state index >= 15 is 0 Å². The van der Waals surface area contributed by atoms with Gasteiger partial charge in [-0.3, -0.25) is 14.4 Å². The first-order valence-electron chi connectivity index (χ1n) is 8.04. The molecule has 0 saturated carbocycles. The number of amides is 1. The van der Waals surface area contributed by atoms with Crippen LogP contribution in [0.1, 0.15) is 36.7 Å². The lowest BCUT2D eigenvalue weighted by Crippen LogP contribution is -2.41. The third-order valence-corrected chi connectivity index (χ3v) is 4.80. The molecule has 1 aromatic rings. The number of hydrogen-bond donors (Lipinski definition) is 1. The Morgan fingerprint density at radius 2 is 2.14 bits per heavy atom. The summed E-state index contributed by atoms with van der Waals surface area (Å²) in [4.78, 5) is 16.6. The maximum Gasteiger partial charge on any atom is 0.276 e. The third kappa shape index (κ3) is 3.00. The molecule has 1 amide bonds. The Morgan fingerprint density at radius 3 is 2.82 bits per heavy atom. The van der Waals surface area contributed by atoms with Gasteiger partial charge >= 0.3 is 0 Å². The van der Waals surface area contributed by atoms with Gasteiger partial charge in [0.15, 0.2) is 5.69 Å². The van der Waals surface area contributed by atoms with Gasteiger partial charge in [-0.25, -0.2) is 0 Å². The van der Waals surface area contributed by atoms with E-state index in [1.807, 2.05) is 0 Å². The molecule has 2 aliphatic heterocycles. The molecule has 0 spiro atoms. The van der Waals surface area contributed by atoms with Gasteiger partial charge in [0.2, 0.25) is 0 Å². The second kappa shape index (κ2) is 6.56. The molecule has 1 N–H and O–H groups in total. The topological polar surface area (TPSA) is 61.6 Å². The second-order valence-corrected chi connectivity index (χ2v) is 6.58. The fourth-order valence-electron chi connectivity index (χ4n) is 3.40. The fraction of sp³-hybridized carbons (Fsp3) is 0.733. The number of rotatable bonds is 4. The molecule has 6 nitrogen and oxygen atoms in total. The Labute approximate surface area is 135 Å². The third-order valence-electron chi connectivity index (χ3n) is 4.53. The zero-order valence-electron chi connectivity index (χ0n) is 12.9. The van der Waals surface area contributed by atoms with Crippen LogP contribution in [0.4, 0.5) is 0 Å². The van der Waals surface area contributed by atoms with Gasteiger partial charge in [-0.15, -0.1) is 0 Å². The monoisotopic (exact) mass is 326 g/mol. The van der Waals surface area contributed by atoms with Gasteiger partial charge < -0.3 is 10.0 Å². The van der Waals surface area contributed by atoms with Crippen molar-refractivity contribution in [1.82, 2.24) is 19.6 Å². The molecule has 1 aromatic heterocycles. The SMILES string of the molecule is CCCn1cc(Cl)c(C(=O)N2C[C@@H](O)[C@H](N3CCCC3)C2)n1. The van der Waals surface area contributed by atoms with Crippen molar-refractivity contribution in [2.45, 2.75) is 44.9 Å². The van der Waals surface area contributed by atoms with Crippen LogP contribution in [0, 0.1) is 0 Å². The van der Waals surface area contributed by atoms with Crippen molar-refractivity contribution in [1.29, 1.82) is 0 Å². The number of halogens is 1. The van der Waals surface area contributed by atoms with Crippen LogP contribution in [0.3, 0.4) is 0 Å². The number of likely N-dealkylation sites (tertiary alicyclic amines) is 2. The Balaban J connectivity index is 1.70. The average Bonchev–Trinajstić information content (AvgIpc) is 3.18. The lowest BCUT2D eigenvalue weighted by molar-refractivity contribution is 0.0757.